The van der Waals surface area contributed by atoms with E-state index in [2.05, 4.69) is 9.44 Å². The highest BCUT2D eigenvalue weighted by Gasteiger charge is 2.42. The summed E-state index contributed by atoms with van der Waals surface area (Å²) in [5.41, 5.74) is -1.52. The Morgan fingerprint density at radius 1 is 1.28 bits per heavy atom. The molecule has 0 aromatic heterocycles. The lowest BCUT2D eigenvalue weighted by Gasteiger charge is -2.26. The van der Waals surface area contributed by atoms with Crippen molar-refractivity contribution < 1.29 is 18.3 Å². The van der Waals surface area contributed by atoms with E-state index in [1.165, 1.54) is 0 Å². The molecule has 1 fully saturated rings. The molecule has 0 heterocycles. The molecule has 6 nitrogen and oxygen atoms in total. The minimum absolute atomic E-state index is 0.0479. The molecule has 0 aromatic carbocycles. The average molecular weight is 278 g/mol. The molecule has 0 atom stereocenters. The predicted molar refractivity (Wildman–Crippen MR) is 68.3 cm³/mol. The van der Waals surface area contributed by atoms with E-state index in [0.29, 0.717) is 12.8 Å². The van der Waals surface area contributed by atoms with Crippen molar-refractivity contribution in [2.24, 2.45) is 5.41 Å². The molecule has 0 amide bonds. The number of carboxylic acids is 1. The lowest BCUT2D eigenvalue weighted by molar-refractivity contribution is -0.148. The average Bonchev–Trinajstić information content (AvgIpc) is 2.60. The van der Waals surface area contributed by atoms with Gasteiger partial charge in [-0.15, -0.1) is 0 Å². The Hall–Kier alpha value is -0.660. The molecule has 0 aliphatic heterocycles. The van der Waals surface area contributed by atoms with Crippen LogP contribution in [0.15, 0.2) is 0 Å². The number of hydrogen-bond donors (Lipinski definition) is 3. The SMILES string of the molecule is CC(C)(C)NS(=O)(=O)NCC1(C(=O)O)CCCC1. The molecule has 0 saturated heterocycles. The van der Waals surface area contributed by atoms with Gasteiger partial charge in [-0.2, -0.15) is 13.1 Å². The van der Waals surface area contributed by atoms with Crippen LogP contribution in [0.25, 0.3) is 0 Å². The molecule has 7 heteroatoms. The lowest BCUT2D eigenvalue weighted by atomic mass is 9.87. The van der Waals surface area contributed by atoms with Gasteiger partial charge in [0, 0.05) is 12.1 Å². The zero-order chi connectivity index (χ0) is 14.0. The number of hydrogen-bond acceptors (Lipinski definition) is 3. The Morgan fingerprint density at radius 3 is 2.17 bits per heavy atom. The fourth-order valence-corrected chi connectivity index (χ4v) is 3.54. The topological polar surface area (TPSA) is 95.5 Å². The Labute approximate surface area is 108 Å². The highest BCUT2D eigenvalue weighted by atomic mass is 32.2. The lowest BCUT2D eigenvalue weighted by Crippen LogP contribution is -2.50. The van der Waals surface area contributed by atoms with Crippen molar-refractivity contribution in [3.63, 3.8) is 0 Å². The van der Waals surface area contributed by atoms with Crippen LogP contribution >= 0.6 is 0 Å². The maximum Gasteiger partial charge on any atom is 0.310 e. The summed E-state index contributed by atoms with van der Waals surface area (Å²) in [6.45, 7) is 5.14. The Kier molecular flexibility index (Phi) is 4.40. The molecule has 0 aromatic rings. The highest BCUT2D eigenvalue weighted by molar-refractivity contribution is 7.87. The van der Waals surface area contributed by atoms with Crippen molar-refractivity contribution in [3.8, 4) is 0 Å². The van der Waals surface area contributed by atoms with Crippen LogP contribution in [0.2, 0.25) is 0 Å². The molecule has 0 unspecified atom stereocenters. The van der Waals surface area contributed by atoms with E-state index < -0.39 is 27.1 Å². The summed E-state index contributed by atoms with van der Waals surface area (Å²) in [5, 5.41) is 9.24. The van der Waals surface area contributed by atoms with Crippen LogP contribution in [0.1, 0.15) is 46.5 Å². The molecular weight excluding hydrogens is 256 g/mol. The maximum absolute atomic E-state index is 11.8. The molecule has 106 valence electrons. The fraction of sp³-hybridized carbons (Fsp3) is 0.909. The van der Waals surface area contributed by atoms with Crippen LogP contribution in [-0.2, 0) is 15.0 Å². The van der Waals surface area contributed by atoms with Crippen molar-refractivity contribution in [2.45, 2.75) is 52.0 Å². The van der Waals surface area contributed by atoms with Gasteiger partial charge in [-0.1, -0.05) is 12.8 Å². The Bertz CT molecular complexity index is 405. The minimum atomic E-state index is -3.66. The molecule has 0 radical (unpaired) electrons. The van der Waals surface area contributed by atoms with Crippen LogP contribution in [0.3, 0.4) is 0 Å². The Balaban J connectivity index is 2.66. The first kappa shape index (κ1) is 15.4. The van der Waals surface area contributed by atoms with Crippen molar-refractivity contribution in [1.29, 1.82) is 0 Å². The van der Waals surface area contributed by atoms with Gasteiger partial charge >= 0.3 is 5.97 Å². The van der Waals surface area contributed by atoms with E-state index >= 15 is 0 Å². The van der Waals surface area contributed by atoms with Gasteiger partial charge < -0.3 is 5.11 Å². The predicted octanol–water partition coefficient (Wildman–Crippen LogP) is 0.854. The smallest absolute Gasteiger partial charge is 0.310 e. The number of nitrogens with one attached hydrogen (secondary N) is 2. The van der Waals surface area contributed by atoms with Crippen LogP contribution in [0.4, 0.5) is 0 Å². The zero-order valence-corrected chi connectivity index (χ0v) is 11.9. The van der Waals surface area contributed by atoms with E-state index in [0.717, 1.165) is 12.8 Å². The molecule has 1 aliphatic rings. The quantitative estimate of drug-likeness (QED) is 0.695. The molecule has 0 bridgehead atoms. The minimum Gasteiger partial charge on any atom is -0.481 e. The van der Waals surface area contributed by atoms with Crippen LogP contribution in [0, 0.1) is 5.41 Å². The van der Waals surface area contributed by atoms with Crippen LogP contribution < -0.4 is 9.44 Å². The fourth-order valence-electron chi connectivity index (χ4n) is 2.19. The summed E-state index contributed by atoms with van der Waals surface area (Å²) in [6.07, 6.45) is 2.72. The van der Waals surface area contributed by atoms with Crippen molar-refractivity contribution in [1.82, 2.24) is 9.44 Å². The van der Waals surface area contributed by atoms with E-state index in [9.17, 15) is 18.3 Å². The number of rotatable bonds is 5. The van der Waals surface area contributed by atoms with Gasteiger partial charge in [-0.3, -0.25) is 4.79 Å². The van der Waals surface area contributed by atoms with Crippen molar-refractivity contribution >= 4 is 16.2 Å². The molecule has 18 heavy (non-hydrogen) atoms. The number of aliphatic carboxylic acids is 1. The largest absolute Gasteiger partial charge is 0.481 e. The second-order valence-corrected chi connectivity index (χ2v) is 7.47. The molecule has 3 N–H and O–H groups in total. The molecule has 1 rings (SSSR count). The third-order valence-corrected chi connectivity index (χ3v) is 4.46. The van der Waals surface area contributed by atoms with Gasteiger partial charge in [0.05, 0.1) is 5.41 Å². The van der Waals surface area contributed by atoms with E-state index in [1.54, 1.807) is 20.8 Å². The first-order valence-corrected chi connectivity index (χ1v) is 7.57. The third kappa shape index (κ3) is 4.22. The van der Waals surface area contributed by atoms with Gasteiger partial charge in [-0.05, 0) is 33.6 Å². The molecular formula is C11H22N2O4S. The number of carbonyl (C=O) groups is 1. The van der Waals surface area contributed by atoms with Gasteiger partial charge in [0.2, 0.25) is 0 Å². The van der Waals surface area contributed by atoms with Crippen molar-refractivity contribution in [3.05, 3.63) is 0 Å². The van der Waals surface area contributed by atoms with E-state index in [4.69, 9.17) is 0 Å². The zero-order valence-electron chi connectivity index (χ0n) is 11.1. The summed E-state index contributed by atoms with van der Waals surface area (Å²) in [5.74, 6) is -0.918. The summed E-state index contributed by atoms with van der Waals surface area (Å²) in [4.78, 5) is 11.3. The summed E-state index contributed by atoms with van der Waals surface area (Å²) >= 11 is 0. The summed E-state index contributed by atoms with van der Waals surface area (Å²) in [7, 11) is -3.66. The molecule has 1 aliphatic carbocycles. The first-order valence-electron chi connectivity index (χ1n) is 6.08. The monoisotopic (exact) mass is 278 g/mol. The first-order chi connectivity index (χ1) is 8.06. The number of carboxylic acid groups (broad SMARTS) is 1. The second-order valence-electron chi connectivity index (χ2n) is 5.97. The molecule has 1 saturated carbocycles. The Morgan fingerprint density at radius 2 is 1.78 bits per heavy atom. The van der Waals surface area contributed by atoms with Crippen LogP contribution in [0.5, 0.6) is 0 Å². The van der Waals surface area contributed by atoms with Gasteiger partial charge in [-0.25, -0.2) is 4.72 Å². The highest BCUT2D eigenvalue weighted by Crippen LogP contribution is 2.37. The maximum atomic E-state index is 11.8. The second kappa shape index (κ2) is 5.14. The van der Waals surface area contributed by atoms with E-state index in [1.807, 2.05) is 0 Å². The summed E-state index contributed by atoms with van der Waals surface area (Å²) in [6, 6.07) is 0. The third-order valence-electron chi connectivity index (χ3n) is 3.06. The standard InChI is InChI=1S/C11H22N2O4S/c1-10(2,3)13-18(16,17)12-8-11(9(14)15)6-4-5-7-11/h12-13H,4-8H2,1-3H3,(H,14,15). The van der Waals surface area contributed by atoms with Crippen LogP contribution in [-0.4, -0.2) is 31.6 Å². The normalized spacial score (nSPS) is 19.9. The van der Waals surface area contributed by atoms with Crippen molar-refractivity contribution in [2.75, 3.05) is 6.54 Å². The van der Waals surface area contributed by atoms with Gasteiger partial charge in [0.1, 0.15) is 0 Å². The van der Waals surface area contributed by atoms with Gasteiger partial charge in [0.25, 0.3) is 10.2 Å². The van der Waals surface area contributed by atoms with Gasteiger partial charge in [0.15, 0.2) is 0 Å². The summed E-state index contributed by atoms with van der Waals surface area (Å²) < 4.78 is 28.3. The van der Waals surface area contributed by atoms with E-state index in [-0.39, 0.29) is 6.54 Å². The molecule has 0 spiro atoms.